The third kappa shape index (κ3) is 2.88. The van der Waals surface area contributed by atoms with E-state index in [1.807, 2.05) is 30.3 Å². The highest BCUT2D eigenvalue weighted by atomic mass is 35.5. The van der Waals surface area contributed by atoms with E-state index >= 15 is 0 Å². The SMILES string of the molecule is Clc1cccc(-c2ccc3oc4ccccc4c3c2-c2cc3ccccc3c3ccccc23)c1. The zero-order chi connectivity index (χ0) is 22.6. The number of hydrogen-bond donors (Lipinski definition) is 0. The van der Waals surface area contributed by atoms with Gasteiger partial charge in [-0.15, -0.1) is 0 Å². The minimum atomic E-state index is 0.726. The Hall–Kier alpha value is -4.07. The normalized spacial score (nSPS) is 11.7. The molecule has 7 rings (SSSR count). The number of para-hydroxylation sites is 1. The van der Waals surface area contributed by atoms with Crippen LogP contribution in [0.25, 0.3) is 65.7 Å². The molecule has 0 radical (unpaired) electrons. The van der Waals surface area contributed by atoms with Gasteiger partial charge in [0.1, 0.15) is 11.2 Å². The monoisotopic (exact) mass is 454 g/mol. The van der Waals surface area contributed by atoms with Crippen LogP contribution in [0.4, 0.5) is 0 Å². The summed E-state index contributed by atoms with van der Waals surface area (Å²) in [5, 5.41) is 7.93. The molecule has 0 unspecified atom stereocenters. The lowest BCUT2D eigenvalue weighted by Crippen LogP contribution is -1.90. The second kappa shape index (κ2) is 7.48. The fourth-order valence-electron chi connectivity index (χ4n) is 5.25. The smallest absolute Gasteiger partial charge is 0.136 e. The standard InChI is InChI=1S/C32H19ClO/c33-22-10-7-9-20(18-22)24-16-17-30-32(27-14-5-6-15-29(27)34-30)31(24)28-19-21-8-1-2-11-23(21)25-12-3-4-13-26(25)28/h1-19H. The Morgan fingerprint density at radius 2 is 1.24 bits per heavy atom. The van der Waals surface area contributed by atoms with Crippen LogP contribution >= 0.6 is 11.6 Å². The van der Waals surface area contributed by atoms with Gasteiger partial charge in [0.15, 0.2) is 0 Å². The third-order valence-electron chi connectivity index (χ3n) is 6.72. The molecule has 1 aromatic heterocycles. The van der Waals surface area contributed by atoms with Crippen molar-refractivity contribution in [2.45, 2.75) is 0 Å². The predicted molar refractivity (Wildman–Crippen MR) is 145 cm³/mol. The quantitative estimate of drug-likeness (QED) is 0.237. The molecule has 0 spiro atoms. The Morgan fingerprint density at radius 1 is 0.500 bits per heavy atom. The van der Waals surface area contributed by atoms with Crippen LogP contribution in [-0.4, -0.2) is 0 Å². The van der Waals surface area contributed by atoms with Gasteiger partial charge in [-0.1, -0.05) is 96.5 Å². The van der Waals surface area contributed by atoms with Crippen molar-refractivity contribution in [1.82, 2.24) is 0 Å². The molecule has 34 heavy (non-hydrogen) atoms. The van der Waals surface area contributed by atoms with Crippen LogP contribution in [0.2, 0.25) is 5.02 Å². The molecule has 0 aliphatic heterocycles. The highest BCUT2D eigenvalue weighted by molar-refractivity contribution is 6.31. The molecule has 1 nitrogen and oxygen atoms in total. The Kier molecular flexibility index (Phi) is 4.27. The van der Waals surface area contributed by atoms with Gasteiger partial charge >= 0.3 is 0 Å². The molecular formula is C32H19ClO. The summed E-state index contributed by atoms with van der Waals surface area (Å²) in [6.07, 6.45) is 0. The van der Waals surface area contributed by atoms with Gasteiger partial charge in [0.2, 0.25) is 0 Å². The van der Waals surface area contributed by atoms with Gasteiger partial charge in [-0.2, -0.15) is 0 Å². The van der Waals surface area contributed by atoms with Gasteiger partial charge < -0.3 is 4.42 Å². The van der Waals surface area contributed by atoms with Crippen molar-refractivity contribution in [2.75, 3.05) is 0 Å². The van der Waals surface area contributed by atoms with E-state index in [1.165, 1.54) is 32.7 Å². The van der Waals surface area contributed by atoms with Crippen molar-refractivity contribution >= 4 is 55.1 Å². The van der Waals surface area contributed by atoms with Gasteiger partial charge in [-0.3, -0.25) is 0 Å². The lowest BCUT2D eigenvalue weighted by atomic mass is 9.86. The first-order valence-corrected chi connectivity index (χ1v) is 11.8. The Morgan fingerprint density at radius 3 is 2.09 bits per heavy atom. The molecule has 0 aliphatic rings. The van der Waals surface area contributed by atoms with Crippen LogP contribution in [0.1, 0.15) is 0 Å². The molecule has 0 atom stereocenters. The lowest BCUT2D eigenvalue weighted by Gasteiger charge is -2.16. The molecule has 1 heterocycles. The molecule has 160 valence electrons. The summed E-state index contributed by atoms with van der Waals surface area (Å²) in [6.45, 7) is 0. The maximum absolute atomic E-state index is 6.44. The van der Waals surface area contributed by atoms with Crippen molar-refractivity contribution in [3.63, 3.8) is 0 Å². The van der Waals surface area contributed by atoms with Gasteiger partial charge in [0.05, 0.1) is 0 Å². The molecule has 0 N–H and O–H groups in total. The Labute approximate surface area is 201 Å². The summed E-state index contributed by atoms with van der Waals surface area (Å²) in [7, 11) is 0. The summed E-state index contributed by atoms with van der Waals surface area (Å²) >= 11 is 6.44. The van der Waals surface area contributed by atoms with Crippen LogP contribution in [0.3, 0.4) is 0 Å². The van der Waals surface area contributed by atoms with Crippen molar-refractivity contribution in [3.05, 3.63) is 120 Å². The summed E-state index contributed by atoms with van der Waals surface area (Å²) in [4.78, 5) is 0. The number of benzene rings is 6. The van der Waals surface area contributed by atoms with Gasteiger partial charge in [0, 0.05) is 21.4 Å². The first kappa shape index (κ1) is 19.4. The molecule has 0 amide bonds. The summed E-state index contributed by atoms with van der Waals surface area (Å²) in [5.41, 5.74) is 6.38. The molecule has 0 saturated carbocycles. The highest BCUT2D eigenvalue weighted by Gasteiger charge is 2.20. The van der Waals surface area contributed by atoms with E-state index in [4.69, 9.17) is 16.0 Å². The molecule has 0 bridgehead atoms. The number of hydrogen-bond acceptors (Lipinski definition) is 1. The van der Waals surface area contributed by atoms with Crippen LogP contribution in [-0.2, 0) is 0 Å². The summed E-state index contributed by atoms with van der Waals surface area (Å²) in [5.74, 6) is 0. The number of rotatable bonds is 2. The predicted octanol–water partition coefficient (Wildman–Crippen LogP) is 9.88. The average Bonchev–Trinajstić information content (AvgIpc) is 3.26. The van der Waals surface area contributed by atoms with E-state index in [1.54, 1.807) is 0 Å². The van der Waals surface area contributed by atoms with Crippen LogP contribution in [0, 0.1) is 0 Å². The Balaban J connectivity index is 1.72. The first-order chi connectivity index (χ1) is 16.8. The number of furan rings is 1. The molecule has 2 heteroatoms. The Bertz CT molecular complexity index is 1880. The van der Waals surface area contributed by atoms with Crippen molar-refractivity contribution in [1.29, 1.82) is 0 Å². The maximum Gasteiger partial charge on any atom is 0.136 e. The van der Waals surface area contributed by atoms with Crippen LogP contribution < -0.4 is 0 Å². The lowest BCUT2D eigenvalue weighted by molar-refractivity contribution is 0.669. The fraction of sp³-hybridized carbons (Fsp3) is 0. The average molecular weight is 455 g/mol. The minimum Gasteiger partial charge on any atom is -0.456 e. The molecular weight excluding hydrogens is 436 g/mol. The molecule has 0 aliphatic carbocycles. The van der Waals surface area contributed by atoms with Crippen molar-refractivity contribution < 1.29 is 4.42 Å². The maximum atomic E-state index is 6.44. The summed E-state index contributed by atoms with van der Waals surface area (Å²) < 4.78 is 6.30. The highest BCUT2D eigenvalue weighted by Crippen LogP contribution is 2.46. The second-order valence-electron chi connectivity index (χ2n) is 8.66. The molecule has 7 aromatic rings. The zero-order valence-electron chi connectivity index (χ0n) is 18.3. The van der Waals surface area contributed by atoms with E-state index < -0.39 is 0 Å². The number of fused-ring (bicyclic) bond motifs is 6. The molecule has 0 saturated heterocycles. The van der Waals surface area contributed by atoms with Gasteiger partial charge in [0.25, 0.3) is 0 Å². The van der Waals surface area contributed by atoms with E-state index in [0.29, 0.717) is 0 Å². The third-order valence-corrected chi connectivity index (χ3v) is 6.95. The zero-order valence-corrected chi connectivity index (χ0v) is 19.0. The largest absolute Gasteiger partial charge is 0.456 e. The van der Waals surface area contributed by atoms with Crippen molar-refractivity contribution in [2.24, 2.45) is 0 Å². The van der Waals surface area contributed by atoms with Gasteiger partial charge in [-0.25, -0.2) is 0 Å². The number of halogens is 1. The van der Waals surface area contributed by atoms with E-state index in [-0.39, 0.29) is 0 Å². The van der Waals surface area contributed by atoms with Crippen molar-refractivity contribution in [3.8, 4) is 22.3 Å². The molecule has 6 aromatic carbocycles. The van der Waals surface area contributed by atoms with E-state index in [2.05, 4.69) is 84.9 Å². The minimum absolute atomic E-state index is 0.726. The fourth-order valence-corrected chi connectivity index (χ4v) is 5.44. The molecule has 0 fully saturated rings. The first-order valence-electron chi connectivity index (χ1n) is 11.4. The van der Waals surface area contributed by atoms with E-state index in [0.717, 1.165) is 38.1 Å². The van der Waals surface area contributed by atoms with Crippen LogP contribution in [0.15, 0.2) is 120 Å². The van der Waals surface area contributed by atoms with E-state index in [9.17, 15) is 0 Å². The second-order valence-corrected chi connectivity index (χ2v) is 9.10. The van der Waals surface area contributed by atoms with Crippen LogP contribution in [0.5, 0.6) is 0 Å². The summed E-state index contributed by atoms with van der Waals surface area (Å²) in [6, 6.07) is 40.2. The topological polar surface area (TPSA) is 13.1 Å². The van der Waals surface area contributed by atoms with Gasteiger partial charge in [-0.05, 0) is 68.6 Å².